The van der Waals surface area contributed by atoms with E-state index in [4.69, 9.17) is 10.5 Å². The summed E-state index contributed by atoms with van der Waals surface area (Å²) in [6, 6.07) is 15.7. The summed E-state index contributed by atoms with van der Waals surface area (Å²) in [4.78, 5) is 1.01. The van der Waals surface area contributed by atoms with Crippen LogP contribution in [0.3, 0.4) is 0 Å². The van der Waals surface area contributed by atoms with Gasteiger partial charge in [-0.3, -0.25) is 0 Å². The van der Waals surface area contributed by atoms with Crippen LogP contribution in [-0.4, -0.2) is 12.4 Å². The van der Waals surface area contributed by atoms with Crippen molar-refractivity contribution in [1.29, 1.82) is 0 Å². The summed E-state index contributed by atoms with van der Waals surface area (Å²) in [5, 5.41) is 0. The first-order chi connectivity index (χ1) is 9.79. The molecule has 0 radical (unpaired) electrons. The molecule has 0 aliphatic heterocycles. The molecule has 0 amide bonds. The molecule has 0 spiro atoms. The summed E-state index contributed by atoms with van der Waals surface area (Å²) in [7, 11) is 0. The van der Waals surface area contributed by atoms with Gasteiger partial charge >= 0.3 is 0 Å². The number of benzene rings is 2. The zero-order valence-electron chi connectivity index (χ0n) is 11.4. The maximum atomic E-state index is 5.95. The molecular weight excluding hydrogens is 266 g/mol. The van der Waals surface area contributed by atoms with Crippen molar-refractivity contribution in [2.24, 2.45) is 0 Å². The monoisotopic (exact) mass is 283 g/mol. The van der Waals surface area contributed by atoms with Crippen LogP contribution in [0.4, 0.5) is 5.69 Å². The average Bonchev–Trinajstić information content (AvgIpc) is 2.48. The van der Waals surface area contributed by atoms with Gasteiger partial charge in [-0.05, 0) is 37.3 Å². The van der Waals surface area contributed by atoms with E-state index in [1.54, 1.807) is 11.8 Å². The van der Waals surface area contributed by atoms with Gasteiger partial charge in [0.1, 0.15) is 5.75 Å². The molecule has 20 heavy (non-hydrogen) atoms. The van der Waals surface area contributed by atoms with E-state index in [0.717, 1.165) is 21.9 Å². The Hall–Kier alpha value is -2.05. The number of nitrogens with two attached hydrogens (primary N) is 1. The molecule has 0 aliphatic rings. The second-order valence-corrected chi connectivity index (χ2v) is 5.11. The SMILES string of the molecule is CCOc1ccc(N)c(SCC#Cc2ccccc2)c1. The number of hydrogen-bond donors (Lipinski definition) is 1. The molecule has 0 saturated carbocycles. The molecule has 2 N–H and O–H groups in total. The Kier molecular flexibility index (Phi) is 5.40. The average molecular weight is 283 g/mol. The van der Waals surface area contributed by atoms with Gasteiger partial charge in [0.05, 0.1) is 12.4 Å². The molecule has 0 aliphatic carbocycles. The van der Waals surface area contributed by atoms with Crippen molar-refractivity contribution in [3.8, 4) is 17.6 Å². The van der Waals surface area contributed by atoms with Gasteiger partial charge in [0, 0.05) is 16.1 Å². The second kappa shape index (κ2) is 7.52. The van der Waals surface area contributed by atoms with E-state index in [2.05, 4.69) is 11.8 Å². The minimum Gasteiger partial charge on any atom is -0.494 e. The van der Waals surface area contributed by atoms with Crippen molar-refractivity contribution in [1.82, 2.24) is 0 Å². The third kappa shape index (κ3) is 4.25. The molecule has 2 aromatic rings. The first kappa shape index (κ1) is 14.4. The Bertz CT molecular complexity index is 614. The zero-order valence-corrected chi connectivity index (χ0v) is 12.2. The van der Waals surface area contributed by atoms with E-state index >= 15 is 0 Å². The molecule has 2 aromatic carbocycles. The molecule has 3 heteroatoms. The summed E-state index contributed by atoms with van der Waals surface area (Å²) in [6.45, 7) is 2.62. The summed E-state index contributed by atoms with van der Waals surface area (Å²) in [5.41, 5.74) is 7.75. The van der Waals surface area contributed by atoms with E-state index in [1.165, 1.54) is 0 Å². The fourth-order valence-electron chi connectivity index (χ4n) is 1.67. The van der Waals surface area contributed by atoms with Crippen LogP contribution in [0.2, 0.25) is 0 Å². The van der Waals surface area contributed by atoms with Crippen molar-refractivity contribution in [2.75, 3.05) is 18.1 Å². The molecule has 0 heterocycles. The van der Waals surface area contributed by atoms with Gasteiger partial charge < -0.3 is 10.5 Å². The van der Waals surface area contributed by atoms with Crippen LogP contribution >= 0.6 is 11.8 Å². The number of anilines is 1. The van der Waals surface area contributed by atoms with Crippen LogP contribution in [0, 0.1) is 11.8 Å². The van der Waals surface area contributed by atoms with E-state index in [-0.39, 0.29) is 0 Å². The second-order valence-electron chi connectivity index (χ2n) is 4.09. The number of rotatable bonds is 4. The Labute approximate surface area is 124 Å². The summed E-state index contributed by atoms with van der Waals surface area (Å²) < 4.78 is 5.47. The molecular formula is C17H17NOS. The lowest BCUT2D eigenvalue weighted by atomic mass is 10.2. The highest BCUT2D eigenvalue weighted by Gasteiger charge is 2.01. The standard InChI is InChI=1S/C17H17NOS/c1-2-19-15-10-11-16(18)17(13-15)20-12-6-9-14-7-4-3-5-8-14/h3-5,7-8,10-11,13H,2,12,18H2,1H3. The summed E-state index contributed by atoms with van der Waals surface area (Å²) >= 11 is 1.63. The first-order valence-corrected chi connectivity index (χ1v) is 7.47. The first-order valence-electron chi connectivity index (χ1n) is 6.48. The van der Waals surface area contributed by atoms with E-state index < -0.39 is 0 Å². The molecule has 0 saturated heterocycles. The number of ether oxygens (including phenoxy) is 1. The fourth-order valence-corrected chi connectivity index (χ4v) is 2.40. The summed E-state index contributed by atoms with van der Waals surface area (Å²) in [6.07, 6.45) is 0. The fraction of sp³-hybridized carbons (Fsp3) is 0.176. The molecule has 0 bridgehead atoms. The van der Waals surface area contributed by atoms with Crippen molar-refractivity contribution in [3.63, 3.8) is 0 Å². The molecule has 2 nitrogen and oxygen atoms in total. The molecule has 0 aromatic heterocycles. The van der Waals surface area contributed by atoms with Crippen molar-refractivity contribution < 1.29 is 4.74 Å². The minimum absolute atomic E-state index is 0.655. The van der Waals surface area contributed by atoms with Crippen molar-refractivity contribution in [3.05, 3.63) is 54.1 Å². The third-order valence-electron chi connectivity index (χ3n) is 2.60. The van der Waals surface area contributed by atoms with Crippen LogP contribution < -0.4 is 10.5 Å². The number of thioether (sulfide) groups is 1. The van der Waals surface area contributed by atoms with Gasteiger partial charge in [-0.25, -0.2) is 0 Å². The van der Waals surface area contributed by atoms with Crippen molar-refractivity contribution >= 4 is 17.4 Å². The van der Waals surface area contributed by atoms with E-state index in [9.17, 15) is 0 Å². The van der Waals surface area contributed by atoms with Crippen LogP contribution in [0.1, 0.15) is 12.5 Å². The Morgan fingerprint density at radius 1 is 1.15 bits per heavy atom. The maximum absolute atomic E-state index is 5.95. The zero-order chi connectivity index (χ0) is 14.2. The van der Waals surface area contributed by atoms with Gasteiger partial charge in [0.15, 0.2) is 0 Å². The van der Waals surface area contributed by atoms with Crippen LogP contribution in [0.15, 0.2) is 53.4 Å². The van der Waals surface area contributed by atoms with Gasteiger partial charge in [-0.1, -0.05) is 30.0 Å². The molecule has 0 unspecified atom stereocenters. The largest absolute Gasteiger partial charge is 0.494 e. The van der Waals surface area contributed by atoms with Gasteiger partial charge in [-0.2, -0.15) is 0 Å². The molecule has 2 rings (SSSR count). The topological polar surface area (TPSA) is 35.2 Å². The molecule has 102 valence electrons. The Morgan fingerprint density at radius 2 is 1.95 bits per heavy atom. The predicted octanol–water partition coefficient (Wildman–Crippen LogP) is 3.81. The van der Waals surface area contributed by atoms with E-state index in [0.29, 0.717) is 12.4 Å². The minimum atomic E-state index is 0.655. The van der Waals surface area contributed by atoms with Gasteiger partial charge in [-0.15, -0.1) is 11.8 Å². The van der Waals surface area contributed by atoms with Crippen LogP contribution in [0.5, 0.6) is 5.75 Å². The third-order valence-corrected chi connectivity index (χ3v) is 3.56. The van der Waals surface area contributed by atoms with Crippen LogP contribution in [0.25, 0.3) is 0 Å². The highest BCUT2D eigenvalue weighted by atomic mass is 32.2. The maximum Gasteiger partial charge on any atom is 0.120 e. The van der Waals surface area contributed by atoms with Gasteiger partial charge in [0.25, 0.3) is 0 Å². The lowest BCUT2D eigenvalue weighted by Crippen LogP contribution is -1.94. The Balaban J connectivity index is 1.97. The van der Waals surface area contributed by atoms with Gasteiger partial charge in [0.2, 0.25) is 0 Å². The normalized spacial score (nSPS) is 9.65. The quantitative estimate of drug-likeness (QED) is 0.526. The highest BCUT2D eigenvalue weighted by Crippen LogP contribution is 2.28. The lowest BCUT2D eigenvalue weighted by Gasteiger charge is -2.07. The Morgan fingerprint density at radius 3 is 2.70 bits per heavy atom. The van der Waals surface area contributed by atoms with Crippen molar-refractivity contribution in [2.45, 2.75) is 11.8 Å². The van der Waals surface area contributed by atoms with Crippen LogP contribution in [-0.2, 0) is 0 Å². The number of hydrogen-bond acceptors (Lipinski definition) is 3. The molecule has 0 fully saturated rings. The number of nitrogen functional groups attached to an aromatic ring is 1. The smallest absolute Gasteiger partial charge is 0.120 e. The molecule has 0 atom stereocenters. The summed E-state index contributed by atoms with van der Waals surface area (Å²) in [5.74, 6) is 7.83. The highest BCUT2D eigenvalue weighted by molar-refractivity contribution is 7.99. The predicted molar refractivity (Wildman–Crippen MR) is 86.1 cm³/mol. The van der Waals surface area contributed by atoms with E-state index in [1.807, 2.05) is 55.5 Å². The lowest BCUT2D eigenvalue weighted by molar-refractivity contribution is 0.339.